The number of carboxylic acid groups (broad SMARTS) is 1. The Kier molecular flexibility index (Phi) is 3.79. The lowest BCUT2D eigenvalue weighted by molar-refractivity contribution is -0.131. The molecule has 0 saturated carbocycles. The zero-order chi connectivity index (χ0) is 11.4. The predicted octanol–water partition coefficient (Wildman–Crippen LogP) is 0.955. The van der Waals surface area contributed by atoms with Gasteiger partial charge in [0, 0.05) is 12.6 Å². The molecule has 1 N–H and O–H groups in total. The standard InChI is InChI=1S/C9H9BrN2O3/c1-6-8(10)9(15)12(5-11-6)4-2-3-7(13)14/h2-3,5H,4H2,1H3,(H,13,14)/b3-2+. The molecular formula is C9H9BrN2O3. The van der Waals surface area contributed by atoms with Gasteiger partial charge < -0.3 is 5.11 Å². The van der Waals surface area contributed by atoms with E-state index in [1.165, 1.54) is 17.0 Å². The summed E-state index contributed by atoms with van der Waals surface area (Å²) in [6, 6.07) is 0. The molecule has 0 aliphatic heterocycles. The van der Waals surface area contributed by atoms with Crippen molar-refractivity contribution in [3.63, 3.8) is 0 Å². The molecule has 5 nitrogen and oxygen atoms in total. The van der Waals surface area contributed by atoms with Gasteiger partial charge in [-0.15, -0.1) is 0 Å². The smallest absolute Gasteiger partial charge is 0.328 e. The van der Waals surface area contributed by atoms with E-state index >= 15 is 0 Å². The molecular weight excluding hydrogens is 264 g/mol. The molecule has 80 valence electrons. The topological polar surface area (TPSA) is 72.2 Å². The molecule has 0 aliphatic rings. The molecule has 0 spiro atoms. The van der Waals surface area contributed by atoms with E-state index in [1.54, 1.807) is 6.92 Å². The Morgan fingerprint density at radius 1 is 1.73 bits per heavy atom. The number of aliphatic carboxylic acids is 1. The summed E-state index contributed by atoms with van der Waals surface area (Å²) in [7, 11) is 0. The highest BCUT2D eigenvalue weighted by atomic mass is 79.9. The van der Waals surface area contributed by atoms with Crippen LogP contribution < -0.4 is 5.56 Å². The lowest BCUT2D eigenvalue weighted by Crippen LogP contribution is -2.21. The summed E-state index contributed by atoms with van der Waals surface area (Å²) in [6.07, 6.45) is 3.75. The molecule has 1 heterocycles. The van der Waals surface area contributed by atoms with Crippen LogP contribution in [-0.2, 0) is 11.3 Å². The zero-order valence-corrected chi connectivity index (χ0v) is 9.56. The summed E-state index contributed by atoms with van der Waals surface area (Å²) in [6.45, 7) is 1.90. The van der Waals surface area contributed by atoms with Crippen LogP contribution >= 0.6 is 15.9 Å². The zero-order valence-electron chi connectivity index (χ0n) is 7.98. The summed E-state index contributed by atoms with van der Waals surface area (Å²) < 4.78 is 1.71. The number of aromatic nitrogens is 2. The molecule has 0 saturated heterocycles. The van der Waals surface area contributed by atoms with Crippen molar-refractivity contribution in [2.24, 2.45) is 0 Å². The number of carboxylic acids is 1. The van der Waals surface area contributed by atoms with Crippen molar-refractivity contribution in [3.8, 4) is 0 Å². The van der Waals surface area contributed by atoms with Crippen LogP contribution in [0.1, 0.15) is 5.69 Å². The quantitative estimate of drug-likeness (QED) is 0.832. The van der Waals surface area contributed by atoms with Gasteiger partial charge in [-0.3, -0.25) is 9.36 Å². The molecule has 6 heteroatoms. The van der Waals surface area contributed by atoms with Crippen LogP contribution in [0, 0.1) is 6.92 Å². The number of hydrogen-bond acceptors (Lipinski definition) is 3. The Labute approximate surface area is 94.2 Å². The van der Waals surface area contributed by atoms with E-state index in [0.717, 1.165) is 6.08 Å². The van der Waals surface area contributed by atoms with Crippen molar-refractivity contribution in [2.75, 3.05) is 0 Å². The molecule has 0 bridgehead atoms. The Bertz CT molecular complexity index is 465. The molecule has 0 amide bonds. The summed E-state index contributed by atoms with van der Waals surface area (Å²) in [5.41, 5.74) is 0.385. The van der Waals surface area contributed by atoms with Crippen LogP contribution in [-0.4, -0.2) is 20.6 Å². The molecule has 1 rings (SSSR count). The first-order chi connectivity index (χ1) is 7.02. The minimum absolute atomic E-state index is 0.191. The van der Waals surface area contributed by atoms with Crippen LogP contribution in [0.15, 0.2) is 27.7 Å². The maximum Gasteiger partial charge on any atom is 0.328 e. The van der Waals surface area contributed by atoms with Gasteiger partial charge in [-0.25, -0.2) is 9.78 Å². The Hall–Kier alpha value is -1.43. The van der Waals surface area contributed by atoms with Crippen LogP contribution in [0.5, 0.6) is 0 Å². The SMILES string of the molecule is Cc1ncn(C/C=C/C(=O)O)c(=O)c1Br. The highest BCUT2D eigenvalue weighted by Crippen LogP contribution is 2.05. The number of hydrogen-bond donors (Lipinski definition) is 1. The first-order valence-electron chi connectivity index (χ1n) is 4.13. The van der Waals surface area contributed by atoms with E-state index < -0.39 is 5.97 Å². The van der Waals surface area contributed by atoms with Crippen molar-refractivity contribution in [2.45, 2.75) is 13.5 Å². The van der Waals surface area contributed by atoms with Crippen LogP contribution in [0.2, 0.25) is 0 Å². The van der Waals surface area contributed by atoms with Gasteiger partial charge in [0.25, 0.3) is 5.56 Å². The second kappa shape index (κ2) is 4.88. The first-order valence-corrected chi connectivity index (χ1v) is 4.92. The van der Waals surface area contributed by atoms with Crippen LogP contribution in [0.25, 0.3) is 0 Å². The Balaban J connectivity index is 2.93. The van der Waals surface area contributed by atoms with Gasteiger partial charge in [-0.1, -0.05) is 6.08 Å². The normalized spacial score (nSPS) is 10.8. The summed E-state index contributed by atoms with van der Waals surface area (Å²) >= 11 is 3.11. The Morgan fingerprint density at radius 2 is 2.40 bits per heavy atom. The molecule has 0 aromatic carbocycles. The maximum absolute atomic E-state index is 11.6. The molecule has 0 radical (unpaired) electrons. The second-order valence-electron chi connectivity index (χ2n) is 2.84. The van der Waals surface area contributed by atoms with Crippen molar-refractivity contribution in [1.29, 1.82) is 0 Å². The molecule has 0 unspecified atom stereocenters. The Morgan fingerprint density at radius 3 is 3.00 bits per heavy atom. The first kappa shape index (κ1) is 11.6. The third-order valence-corrected chi connectivity index (χ3v) is 2.63. The van der Waals surface area contributed by atoms with E-state index in [0.29, 0.717) is 10.2 Å². The highest BCUT2D eigenvalue weighted by molar-refractivity contribution is 9.10. The van der Waals surface area contributed by atoms with Gasteiger partial charge in [0.1, 0.15) is 4.47 Å². The molecule has 0 aliphatic carbocycles. The molecule has 1 aromatic heterocycles. The van der Waals surface area contributed by atoms with Gasteiger partial charge in [-0.05, 0) is 22.9 Å². The molecule has 15 heavy (non-hydrogen) atoms. The molecule has 0 atom stereocenters. The average molecular weight is 273 g/mol. The third-order valence-electron chi connectivity index (χ3n) is 1.72. The van der Waals surface area contributed by atoms with E-state index in [2.05, 4.69) is 20.9 Å². The maximum atomic E-state index is 11.6. The second-order valence-corrected chi connectivity index (χ2v) is 3.64. The number of aryl methyl sites for hydroxylation is 1. The number of allylic oxidation sites excluding steroid dienone is 1. The fourth-order valence-corrected chi connectivity index (χ4v) is 1.27. The van der Waals surface area contributed by atoms with Crippen LogP contribution in [0.3, 0.4) is 0 Å². The number of nitrogens with zero attached hydrogens (tertiary/aromatic N) is 2. The van der Waals surface area contributed by atoms with Gasteiger partial charge in [-0.2, -0.15) is 0 Å². The molecule has 0 fully saturated rings. The van der Waals surface area contributed by atoms with E-state index in [-0.39, 0.29) is 12.1 Å². The number of rotatable bonds is 3. The lowest BCUT2D eigenvalue weighted by Gasteiger charge is -2.02. The van der Waals surface area contributed by atoms with E-state index in [1.807, 2.05) is 0 Å². The van der Waals surface area contributed by atoms with Crippen molar-refractivity contribution >= 4 is 21.9 Å². The minimum atomic E-state index is -1.04. The van der Waals surface area contributed by atoms with Gasteiger partial charge in [0.2, 0.25) is 0 Å². The van der Waals surface area contributed by atoms with Crippen molar-refractivity contribution in [1.82, 2.24) is 9.55 Å². The van der Waals surface area contributed by atoms with Crippen molar-refractivity contribution in [3.05, 3.63) is 39.0 Å². The number of halogens is 1. The fourth-order valence-electron chi connectivity index (χ4n) is 0.943. The third kappa shape index (κ3) is 3.02. The highest BCUT2D eigenvalue weighted by Gasteiger charge is 2.03. The monoisotopic (exact) mass is 272 g/mol. The van der Waals surface area contributed by atoms with Gasteiger partial charge in [0.05, 0.1) is 12.0 Å². The van der Waals surface area contributed by atoms with Crippen molar-refractivity contribution < 1.29 is 9.90 Å². The average Bonchev–Trinajstić information content (AvgIpc) is 2.18. The fraction of sp³-hybridized carbons (Fsp3) is 0.222. The largest absolute Gasteiger partial charge is 0.478 e. The van der Waals surface area contributed by atoms with Gasteiger partial charge >= 0.3 is 5.97 Å². The van der Waals surface area contributed by atoms with Gasteiger partial charge in [0.15, 0.2) is 0 Å². The molecule has 1 aromatic rings. The lowest BCUT2D eigenvalue weighted by atomic mass is 10.4. The minimum Gasteiger partial charge on any atom is -0.478 e. The van der Waals surface area contributed by atoms with Crippen LogP contribution in [0.4, 0.5) is 0 Å². The predicted molar refractivity (Wildman–Crippen MR) is 57.7 cm³/mol. The van der Waals surface area contributed by atoms with E-state index in [9.17, 15) is 9.59 Å². The summed E-state index contributed by atoms with van der Waals surface area (Å²) in [5, 5.41) is 8.36. The summed E-state index contributed by atoms with van der Waals surface area (Å²) in [4.78, 5) is 25.7. The van der Waals surface area contributed by atoms with E-state index in [4.69, 9.17) is 5.11 Å². The number of carbonyl (C=O) groups is 1. The summed E-state index contributed by atoms with van der Waals surface area (Å²) in [5.74, 6) is -1.04.